The van der Waals surface area contributed by atoms with Gasteiger partial charge in [-0.1, -0.05) is 18.2 Å². The Morgan fingerprint density at radius 2 is 2.31 bits per heavy atom. The Balaban J connectivity index is 2.40. The first-order chi connectivity index (χ1) is 7.68. The van der Waals surface area contributed by atoms with Crippen LogP contribution in [0.15, 0.2) is 24.3 Å². The number of esters is 1. The lowest BCUT2D eigenvalue weighted by Gasteiger charge is -2.33. The van der Waals surface area contributed by atoms with E-state index < -0.39 is 5.54 Å². The topological polar surface area (TPSA) is 61.5 Å². The minimum Gasteiger partial charge on any atom is -0.493 e. The van der Waals surface area contributed by atoms with Crippen molar-refractivity contribution in [2.24, 2.45) is 5.73 Å². The molecule has 1 aromatic rings. The van der Waals surface area contributed by atoms with Gasteiger partial charge in [-0.2, -0.15) is 0 Å². The molecule has 0 radical (unpaired) electrons. The van der Waals surface area contributed by atoms with E-state index in [0.29, 0.717) is 30.9 Å². The van der Waals surface area contributed by atoms with Crippen LogP contribution in [0.5, 0.6) is 5.75 Å². The van der Waals surface area contributed by atoms with Crippen LogP contribution in [0.2, 0.25) is 0 Å². The fraction of sp³-hybridized carbons (Fsp3) is 0.417. The number of para-hydroxylation sites is 1. The molecule has 1 atom stereocenters. The summed E-state index contributed by atoms with van der Waals surface area (Å²) in [6.07, 6.45) is 0.447. The molecule has 86 valence electrons. The predicted octanol–water partition coefficient (Wildman–Crippen LogP) is 1.19. The van der Waals surface area contributed by atoms with Crippen LogP contribution in [0.1, 0.15) is 18.9 Å². The summed E-state index contributed by atoms with van der Waals surface area (Å²) in [6.45, 7) is 2.54. The van der Waals surface area contributed by atoms with Crippen molar-refractivity contribution in [2.45, 2.75) is 18.9 Å². The lowest BCUT2D eigenvalue weighted by molar-refractivity contribution is -0.151. The van der Waals surface area contributed by atoms with Crippen molar-refractivity contribution in [2.75, 3.05) is 13.2 Å². The van der Waals surface area contributed by atoms with Gasteiger partial charge in [0.2, 0.25) is 0 Å². The summed E-state index contributed by atoms with van der Waals surface area (Å²) < 4.78 is 10.5. The number of carbonyl (C=O) groups is 1. The van der Waals surface area contributed by atoms with Crippen molar-refractivity contribution < 1.29 is 14.3 Å². The summed E-state index contributed by atoms with van der Waals surface area (Å²) in [4.78, 5) is 11.9. The van der Waals surface area contributed by atoms with E-state index in [2.05, 4.69) is 0 Å². The van der Waals surface area contributed by atoms with Crippen molar-refractivity contribution in [3.05, 3.63) is 29.8 Å². The molecule has 1 heterocycles. The van der Waals surface area contributed by atoms with E-state index in [0.717, 1.165) is 0 Å². The van der Waals surface area contributed by atoms with Crippen molar-refractivity contribution in [3.63, 3.8) is 0 Å². The second kappa shape index (κ2) is 4.14. The maximum absolute atomic E-state index is 11.9. The standard InChI is InChI=1S/C12H15NO3/c1-2-15-11(14)12(13)7-8-16-10-6-4-3-5-9(10)12/h3-6H,2,7-8,13H2,1H3. The van der Waals surface area contributed by atoms with Gasteiger partial charge < -0.3 is 15.2 Å². The first-order valence-electron chi connectivity index (χ1n) is 5.37. The van der Waals surface area contributed by atoms with Crippen LogP contribution in [0, 0.1) is 0 Å². The lowest BCUT2D eigenvalue weighted by atomic mass is 9.85. The Kier molecular flexibility index (Phi) is 2.83. The Labute approximate surface area is 94.3 Å². The van der Waals surface area contributed by atoms with Gasteiger partial charge >= 0.3 is 5.97 Å². The fourth-order valence-electron chi connectivity index (χ4n) is 1.89. The number of rotatable bonds is 2. The summed E-state index contributed by atoms with van der Waals surface area (Å²) >= 11 is 0. The Morgan fingerprint density at radius 1 is 1.56 bits per heavy atom. The fourth-order valence-corrected chi connectivity index (χ4v) is 1.89. The van der Waals surface area contributed by atoms with E-state index in [4.69, 9.17) is 15.2 Å². The van der Waals surface area contributed by atoms with Gasteiger partial charge in [-0.3, -0.25) is 0 Å². The van der Waals surface area contributed by atoms with Crippen LogP contribution < -0.4 is 10.5 Å². The number of hydrogen-bond acceptors (Lipinski definition) is 4. The average Bonchev–Trinajstić information content (AvgIpc) is 2.30. The second-order valence-corrected chi connectivity index (χ2v) is 3.79. The lowest BCUT2D eigenvalue weighted by Crippen LogP contribution is -2.49. The highest BCUT2D eigenvalue weighted by Gasteiger charge is 2.42. The van der Waals surface area contributed by atoms with Gasteiger partial charge in [-0.15, -0.1) is 0 Å². The molecule has 0 aliphatic carbocycles. The van der Waals surface area contributed by atoms with Crippen LogP contribution >= 0.6 is 0 Å². The Bertz CT molecular complexity index is 405. The third-order valence-electron chi connectivity index (χ3n) is 2.76. The average molecular weight is 221 g/mol. The summed E-state index contributed by atoms with van der Waals surface area (Å²) in [6, 6.07) is 7.32. The molecule has 0 saturated carbocycles. The number of ether oxygens (including phenoxy) is 2. The van der Waals surface area contributed by atoms with E-state index in [-0.39, 0.29) is 5.97 Å². The van der Waals surface area contributed by atoms with Crippen LogP contribution in [-0.2, 0) is 15.1 Å². The van der Waals surface area contributed by atoms with Gasteiger partial charge in [0.15, 0.2) is 0 Å². The number of nitrogens with two attached hydrogens (primary N) is 1. The van der Waals surface area contributed by atoms with E-state index in [1.54, 1.807) is 6.92 Å². The van der Waals surface area contributed by atoms with Crippen molar-refractivity contribution in [1.29, 1.82) is 0 Å². The number of benzene rings is 1. The molecule has 1 aromatic carbocycles. The molecule has 0 saturated heterocycles. The molecule has 0 aromatic heterocycles. The molecule has 1 unspecified atom stereocenters. The van der Waals surface area contributed by atoms with E-state index in [1.807, 2.05) is 24.3 Å². The first kappa shape index (κ1) is 11.0. The quantitative estimate of drug-likeness (QED) is 0.762. The van der Waals surface area contributed by atoms with Crippen molar-refractivity contribution in [1.82, 2.24) is 0 Å². The molecular formula is C12H15NO3. The smallest absolute Gasteiger partial charge is 0.331 e. The van der Waals surface area contributed by atoms with E-state index >= 15 is 0 Å². The Hall–Kier alpha value is -1.55. The molecule has 4 heteroatoms. The maximum Gasteiger partial charge on any atom is 0.331 e. The third-order valence-corrected chi connectivity index (χ3v) is 2.76. The van der Waals surface area contributed by atoms with E-state index in [1.165, 1.54) is 0 Å². The minimum absolute atomic E-state index is 0.334. The van der Waals surface area contributed by atoms with E-state index in [9.17, 15) is 4.79 Å². The molecular weight excluding hydrogens is 206 g/mol. The molecule has 0 bridgehead atoms. The maximum atomic E-state index is 11.9. The summed E-state index contributed by atoms with van der Waals surface area (Å²) in [5.41, 5.74) is 5.79. The van der Waals surface area contributed by atoms with Crippen molar-refractivity contribution in [3.8, 4) is 5.75 Å². The SMILES string of the molecule is CCOC(=O)C1(N)CCOc2ccccc21. The molecule has 2 rings (SSSR count). The van der Waals surface area contributed by atoms with Crippen LogP contribution in [0.25, 0.3) is 0 Å². The highest BCUT2D eigenvalue weighted by atomic mass is 16.5. The molecule has 2 N–H and O–H groups in total. The molecule has 0 fully saturated rings. The minimum atomic E-state index is -1.06. The zero-order valence-electron chi connectivity index (χ0n) is 9.23. The molecule has 1 aliphatic heterocycles. The summed E-state index contributed by atoms with van der Waals surface area (Å²) in [7, 11) is 0. The molecule has 0 amide bonds. The van der Waals surface area contributed by atoms with Gasteiger partial charge in [-0.05, 0) is 13.0 Å². The van der Waals surface area contributed by atoms with Gasteiger partial charge in [-0.25, -0.2) is 4.79 Å². The van der Waals surface area contributed by atoms with Gasteiger partial charge in [0, 0.05) is 12.0 Å². The van der Waals surface area contributed by atoms with Crippen molar-refractivity contribution >= 4 is 5.97 Å². The highest BCUT2D eigenvalue weighted by molar-refractivity contribution is 5.83. The monoisotopic (exact) mass is 221 g/mol. The van der Waals surface area contributed by atoms with Gasteiger partial charge in [0.25, 0.3) is 0 Å². The third kappa shape index (κ3) is 1.65. The Morgan fingerprint density at radius 3 is 3.06 bits per heavy atom. The molecule has 0 spiro atoms. The largest absolute Gasteiger partial charge is 0.493 e. The van der Waals surface area contributed by atoms with Crippen LogP contribution in [0.3, 0.4) is 0 Å². The van der Waals surface area contributed by atoms with Crippen LogP contribution in [0.4, 0.5) is 0 Å². The molecule has 4 nitrogen and oxygen atoms in total. The van der Waals surface area contributed by atoms with Gasteiger partial charge in [0.1, 0.15) is 11.3 Å². The molecule has 1 aliphatic rings. The summed E-state index contributed by atoms with van der Waals surface area (Å²) in [5, 5.41) is 0. The number of carbonyl (C=O) groups excluding carboxylic acids is 1. The second-order valence-electron chi connectivity index (χ2n) is 3.79. The van der Waals surface area contributed by atoms with Gasteiger partial charge in [0.05, 0.1) is 13.2 Å². The number of fused-ring (bicyclic) bond motifs is 1. The zero-order valence-corrected chi connectivity index (χ0v) is 9.23. The number of hydrogen-bond donors (Lipinski definition) is 1. The zero-order chi connectivity index (χ0) is 11.6. The molecule has 16 heavy (non-hydrogen) atoms. The summed E-state index contributed by atoms with van der Waals surface area (Å²) in [5.74, 6) is 0.287. The predicted molar refractivity (Wildman–Crippen MR) is 59.1 cm³/mol. The normalized spacial score (nSPS) is 23.1. The van der Waals surface area contributed by atoms with Crippen LogP contribution in [-0.4, -0.2) is 19.2 Å². The first-order valence-corrected chi connectivity index (χ1v) is 5.37. The highest BCUT2D eigenvalue weighted by Crippen LogP contribution is 2.35.